The number of carboxylic acid groups (broad SMARTS) is 1. The standard InChI is InChI=1S/C26H33NO5/c1-18(2)27(19(3)4)15-14-22(21-8-6-5-7-9-21)23-16-20(17-28)10-11-24(23)32-26(31)13-12-25(29)30/h5-13,16,18-19,22,28H,14-15,17H2,1-4H3,(H,29,30)/b13-12+/t22-/m1/s1. The molecule has 0 bridgehead atoms. The highest BCUT2D eigenvalue weighted by Crippen LogP contribution is 2.36. The van der Waals surface area contributed by atoms with Crippen LogP contribution in [0.15, 0.2) is 60.7 Å². The predicted octanol–water partition coefficient (Wildman–Crippen LogP) is 4.37. The van der Waals surface area contributed by atoms with Crippen LogP contribution in [0.5, 0.6) is 5.75 Å². The summed E-state index contributed by atoms with van der Waals surface area (Å²) in [7, 11) is 0. The van der Waals surface area contributed by atoms with Crippen LogP contribution in [-0.4, -0.2) is 45.7 Å². The van der Waals surface area contributed by atoms with Crippen LogP contribution in [0.25, 0.3) is 0 Å². The molecule has 2 aromatic carbocycles. The topological polar surface area (TPSA) is 87.1 Å². The molecule has 0 saturated heterocycles. The van der Waals surface area contributed by atoms with Crippen molar-refractivity contribution in [3.63, 3.8) is 0 Å². The van der Waals surface area contributed by atoms with Crippen molar-refractivity contribution in [3.8, 4) is 5.75 Å². The van der Waals surface area contributed by atoms with Crippen molar-refractivity contribution in [1.82, 2.24) is 4.90 Å². The van der Waals surface area contributed by atoms with Gasteiger partial charge in [0.25, 0.3) is 0 Å². The highest BCUT2D eigenvalue weighted by atomic mass is 16.5. The van der Waals surface area contributed by atoms with Crippen molar-refractivity contribution in [2.45, 2.75) is 58.7 Å². The quantitative estimate of drug-likeness (QED) is 0.307. The molecular weight excluding hydrogens is 406 g/mol. The zero-order chi connectivity index (χ0) is 23.7. The molecule has 0 fully saturated rings. The van der Waals surface area contributed by atoms with Gasteiger partial charge in [0.2, 0.25) is 0 Å². The number of hydrogen-bond donors (Lipinski definition) is 2. The van der Waals surface area contributed by atoms with Gasteiger partial charge in [-0.3, -0.25) is 4.90 Å². The maximum Gasteiger partial charge on any atom is 0.336 e. The third kappa shape index (κ3) is 7.32. The second kappa shape index (κ2) is 12.2. The second-order valence-electron chi connectivity index (χ2n) is 8.30. The molecule has 6 nitrogen and oxygen atoms in total. The van der Waals surface area contributed by atoms with Gasteiger partial charge in [0, 0.05) is 35.7 Å². The third-order valence-electron chi connectivity index (χ3n) is 5.41. The lowest BCUT2D eigenvalue weighted by Crippen LogP contribution is -2.38. The van der Waals surface area contributed by atoms with Crippen LogP contribution in [0.3, 0.4) is 0 Å². The highest BCUT2D eigenvalue weighted by molar-refractivity contribution is 5.91. The van der Waals surface area contributed by atoms with Gasteiger partial charge >= 0.3 is 11.9 Å². The van der Waals surface area contributed by atoms with Crippen molar-refractivity contribution in [3.05, 3.63) is 77.4 Å². The minimum atomic E-state index is -1.22. The maximum absolute atomic E-state index is 12.2. The Bertz CT molecular complexity index is 913. The van der Waals surface area contributed by atoms with Gasteiger partial charge in [-0.05, 0) is 63.9 Å². The van der Waals surface area contributed by atoms with E-state index in [4.69, 9.17) is 9.84 Å². The van der Waals surface area contributed by atoms with Crippen molar-refractivity contribution >= 4 is 11.9 Å². The molecule has 1 atom stereocenters. The lowest BCUT2D eigenvalue weighted by Gasteiger charge is -2.32. The molecule has 0 aliphatic rings. The fourth-order valence-electron chi connectivity index (χ4n) is 3.92. The summed E-state index contributed by atoms with van der Waals surface area (Å²) in [4.78, 5) is 25.3. The molecule has 0 unspecified atom stereocenters. The van der Waals surface area contributed by atoms with E-state index < -0.39 is 11.9 Å². The Hall–Kier alpha value is -2.96. The number of ether oxygens (including phenoxy) is 1. The van der Waals surface area contributed by atoms with Gasteiger partial charge in [0.1, 0.15) is 5.75 Å². The van der Waals surface area contributed by atoms with E-state index in [2.05, 4.69) is 32.6 Å². The molecule has 6 heteroatoms. The summed E-state index contributed by atoms with van der Waals surface area (Å²) in [6.45, 7) is 9.39. The molecule has 0 aliphatic carbocycles. The van der Waals surface area contributed by atoms with E-state index in [-0.39, 0.29) is 12.5 Å². The molecule has 0 spiro atoms. The predicted molar refractivity (Wildman–Crippen MR) is 125 cm³/mol. The Morgan fingerprint density at radius 3 is 2.22 bits per heavy atom. The van der Waals surface area contributed by atoms with E-state index >= 15 is 0 Å². The molecule has 172 valence electrons. The van der Waals surface area contributed by atoms with Gasteiger partial charge < -0.3 is 14.9 Å². The third-order valence-corrected chi connectivity index (χ3v) is 5.41. The first kappa shape index (κ1) is 25.3. The zero-order valence-corrected chi connectivity index (χ0v) is 19.2. The molecule has 0 saturated carbocycles. The lowest BCUT2D eigenvalue weighted by molar-refractivity contribution is -0.133. The summed E-state index contributed by atoms with van der Waals surface area (Å²) >= 11 is 0. The van der Waals surface area contributed by atoms with Crippen molar-refractivity contribution < 1.29 is 24.5 Å². The maximum atomic E-state index is 12.2. The summed E-state index contributed by atoms with van der Waals surface area (Å²) in [6, 6.07) is 16.0. The van der Waals surface area contributed by atoms with Gasteiger partial charge in [0.15, 0.2) is 0 Å². The van der Waals surface area contributed by atoms with E-state index in [0.29, 0.717) is 23.4 Å². The smallest absolute Gasteiger partial charge is 0.336 e. The molecule has 0 heterocycles. The van der Waals surface area contributed by atoms with Gasteiger partial charge in [-0.15, -0.1) is 0 Å². The first-order valence-electron chi connectivity index (χ1n) is 10.9. The number of benzene rings is 2. The summed E-state index contributed by atoms with van der Waals surface area (Å²) < 4.78 is 5.52. The highest BCUT2D eigenvalue weighted by Gasteiger charge is 2.23. The molecule has 2 aromatic rings. The Morgan fingerprint density at radius 2 is 1.66 bits per heavy atom. The summed E-state index contributed by atoms with van der Waals surface area (Å²) in [5.74, 6) is -1.70. The second-order valence-corrected chi connectivity index (χ2v) is 8.30. The Balaban J connectivity index is 2.46. The molecule has 2 rings (SSSR count). The average molecular weight is 440 g/mol. The van der Waals surface area contributed by atoms with Crippen LogP contribution in [0.1, 0.15) is 56.7 Å². The number of carboxylic acids is 1. The van der Waals surface area contributed by atoms with Crippen LogP contribution >= 0.6 is 0 Å². The molecular formula is C26H33NO5. The Labute approximate surface area is 190 Å². The molecule has 0 amide bonds. The number of rotatable bonds is 11. The van der Waals surface area contributed by atoms with E-state index in [1.807, 2.05) is 36.4 Å². The normalized spacial score (nSPS) is 12.6. The summed E-state index contributed by atoms with van der Waals surface area (Å²) in [5.41, 5.74) is 2.58. The number of carbonyl (C=O) groups is 2. The van der Waals surface area contributed by atoms with Gasteiger partial charge in [-0.25, -0.2) is 9.59 Å². The molecule has 2 N–H and O–H groups in total. The van der Waals surface area contributed by atoms with E-state index in [1.165, 1.54) is 0 Å². The fourth-order valence-corrected chi connectivity index (χ4v) is 3.92. The van der Waals surface area contributed by atoms with Crippen LogP contribution in [-0.2, 0) is 16.2 Å². The van der Waals surface area contributed by atoms with Crippen molar-refractivity contribution in [2.75, 3.05) is 6.54 Å². The van der Waals surface area contributed by atoms with Crippen molar-refractivity contribution in [1.29, 1.82) is 0 Å². The minimum absolute atomic E-state index is 0.0750. The lowest BCUT2D eigenvalue weighted by atomic mass is 9.86. The average Bonchev–Trinajstić information content (AvgIpc) is 2.76. The SMILES string of the molecule is CC(C)N(CC[C@H](c1ccccc1)c1cc(CO)ccc1OC(=O)/C=C/C(=O)O)C(C)C. The van der Waals surface area contributed by atoms with E-state index in [9.17, 15) is 14.7 Å². The van der Waals surface area contributed by atoms with E-state index in [1.54, 1.807) is 12.1 Å². The number of aliphatic hydroxyl groups is 1. The van der Waals surface area contributed by atoms with Crippen LogP contribution < -0.4 is 4.74 Å². The summed E-state index contributed by atoms with van der Waals surface area (Å²) in [5, 5.41) is 18.5. The number of carbonyl (C=O) groups excluding carboxylic acids is 1. The molecule has 32 heavy (non-hydrogen) atoms. The number of aliphatic carboxylic acids is 1. The van der Waals surface area contributed by atoms with Crippen LogP contribution in [0.4, 0.5) is 0 Å². The van der Waals surface area contributed by atoms with Crippen molar-refractivity contribution in [2.24, 2.45) is 0 Å². The number of nitrogens with zero attached hydrogens (tertiary/aromatic N) is 1. The first-order valence-corrected chi connectivity index (χ1v) is 10.9. The van der Waals surface area contributed by atoms with Gasteiger partial charge in [-0.2, -0.15) is 0 Å². The molecule has 0 aliphatic heterocycles. The van der Waals surface area contributed by atoms with Crippen LogP contribution in [0, 0.1) is 0 Å². The summed E-state index contributed by atoms with van der Waals surface area (Å²) in [6.07, 6.45) is 2.43. The monoisotopic (exact) mass is 439 g/mol. The Morgan fingerprint density at radius 1 is 1.00 bits per heavy atom. The number of hydrogen-bond acceptors (Lipinski definition) is 5. The van der Waals surface area contributed by atoms with Gasteiger partial charge in [-0.1, -0.05) is 36.4 Å². The van der Waals surface area contributed by atoms with Crippen LogP contribution in [0.2, 0.25) is 0 Å². The largest absolute Gasteiger partial charge is 0.478 e. The first-order chi connectivity index (χ1) is 15.2. The van der Waals surface area contributed by atoms with Gasteiger partial charge in [0.05, 0.1) is 6.61 Å². The fraction of sp³-hybridized carbons (Fsp3) is 0.385. The molecule has 0 radical (unpaired) electrons. The Kier molecular flexibility index (Phi) is 9.62. The minimum Gasteiger partial charge on any atom is -0.478 e. The number of aliphatic hydroxyl groups excluding tert-OH is 1. The van der Waals surface area contributed by atoms with E-state index in [0.717, 1.165) is 36.2 Å². The zero-order valence-electron chi connectivity index (χ0n) is 19.2. The molecule has 0 aromatic heterocycles. The number of esters is 1.